The highest BCUT2D eigenvalue weighted by Crippen LogP contribution is 2.26. The predicted molar refractivity (Wildman–Crippen MR) is 77.3 cm³/mol. The van der Waals surface area contributed by atoms with Gasteiger partial charge in [-0.25, -0.2) is 4.99 Å². The molecule has 0 bridgehead atoms. The summed E-state index contributed by atoms with van der Waals surface area (Å²) in [5.74, 6) is 0.371. The maximum Gasteiger partial charge on any atom is 0.248 e. The molecule has 2 rings (SSSR count). The second-order valence-electron chi connectivity index (χ2n) is 4.85. The van der Waals surface area contributed by atoms with Gasteiger partial charge in [0.15, 0.2) is 5.96 Å². The van der Waals surface area contributed by atoms with Crippen LogP contribution in [0.3, 0.4) is 0 Å². The second-order valence-corrected chi connectivity index (χ2v) is 4.85. The number of guanidine groups is 1. The van der Waals surface area contributed by atoms with Crippen LogP contribution in [0, 0.1) is 0 Å². The van der Waals surface area contributed by atoms with Crippen molar-refractivity contribution in [3.05, 3.63) is 29.8 Å². The minimum absolute atomic E-state index is 0.00282. The molecule has 5 nitrogen and oxygen atoms in total. The Morgan fingerprint density at radius 1 is 1.42 bits per heavy atom. The molecule has 102 valence electrons. The Hall–Kier alpha value is -2.04. The molecule has 0 fully saturated rings. The molecular formula is C14H20N4O. The van der Waals surface area contributed by atoms with Crippen LogP contribution >= 0.6 is 0 Å². The first-order valence-electron chi connectivity index (χ1n) is 6.45. The zero-order chi connectivity index (χ0) is 13.8. The van der Waals surface area contributed by atoms with Crippen molar-refractivity contribution in [1.29, 1.82) is 0 Å². The van der Waals surface area contributed by atoms with Gasteiger partial charge in [-0.15, -0.1) is 0 Å². The van der Waals surface area contributed by atoms with E-state index in [2.05, 4.69) is 11.1 Å². The molecule has 5 heteroatoms. The maximum atomic E-state index is 12.2. The molecule has 19 heavy (non-hydrogen) atoms. The van der Waals surface area contributed by atoms with Gasteiger partial charge in [0.1, 0.15) is 6.54 Å². The van der Waals surface area contributed by atoms with E-state index in [1.807, 2.05) is 23.1 Å². The van der Waals surface area contributed by atoms with E-state index in [9.17, 15) is 4.79 Å². The van der Waals surface area contributed by atoms with Gasteiger partial charge in [0.25, 0.3) is 0 Å². The lowest BCUT2D eigenvalue weighted by atomic mass is 10.0. The summed E-state index contributed by atoms with van der Waals surface area (Å²) in [6, 6.07) is 8.04. The summed E-state index contributed by atoms with van der Waals surface area (Å²) in [7, 11) is 3.61. The van der Waals surface area contributed by atoms with Crippen LogP contribution in [0.1, 0.15) is 12.0 Å². The summed E-state index contributed by atoms with van der Waals surface area (Å²) in [5.41, 5.74) is 7.93. The van der Waals surface area contributed by atoms with Crippen molar-refractivity contribution in [1.82, 2.24) is 4.90 Å². The molecule has 1 aromatic rings. The number of nitrogens with zero attached hydrogens (tertiary/aromatic N) is 3. The summed E-state index contributed by atoms with van der Waals surface area (Å²) < 4.78 is 0. The van der Waals surface area contributed by atoms with Crippen molar-refractivity contribution >= 4 is 17.6 Å². The Kier molecular flexibility index (Phi) is 4.04. The summed E-state index contributed by atoms with van der Waals surface area (Å²) in [4.78, 5) is 19.8. The van der Waals surface area contributed by atoms with E-state index in [0.717, 1.165) is 25.1 Å². The van der Waals surface area contributed by atoms with Gasteiger partial charge in [0, 0.05) is 26.3 Å². The number of para-hydroxylation sites is 1. The molecule has 0 aromatic heterocycles. The van der Waals surface area contributed by atoms with Gasteiger partial charge in [-0.05, 0) is 24.5 Å². The van der Waals surface area contributed by atoms with Crippen molar-refractivity contribution in [2.75, 3.05) is 32.1 Å². The Labute approximate surface area is 113 Å². The summed E-state index contributed by atoms with van der Waals surface area (Å²) in [5, 5.41) is 0. The Bertz CT molecular complexity index is 496. The molecule has 0 spiro atoms. The highest BCUT2D eigenvalue weighted by molar-refractivity contribution is 5.97. The zero-order valence-electron chi connectivity index (χ0n) is 11.5. The molecule has 1 aromatic carbocycles. The third-order valence-electron chi connectivity index (χ3n) is 3.25. The lowest BCUT2D eigenvalue weighted by Gasteiger charge is -2.29. The number of nitrogens with two attached hydrogens (primary N) is 1. The number of anilines is 1. The van der Waals surface area contributed by atoms with Crippen molar-refractivity contribution in [2.24, 2.45) is 10.7 Å². The molecule has 0 radical (unpaired) electrons. The van der Waals surface area contributed by atoms with Crippen LogP contribution in [-0.2, 0) is 11.2 Å². The van der Waals surface area contributed by atoms with E-state index < -0.39 is 0 Å². The van der Waals surface area contributed by atoms with Crippen molar-refractivity contribution in [3.8, 4) is 0 Å². The van der Waals surface area contributed by atoms with Gasteiger partial charge in [-0.3, -0.25) is 4.79 Å². The van der Waals surface area contributed by atoms with E-state index in [1.54, 1.807) is 19.0 Å². The molecule has 1 aliphatic heterocycles. The number of aliphatic imine (C=N–C) groups is 1. The number of rotatable bonds is 2. The van der Waals surface area contributed by atoms with Gasteiger partial charge in [0.05, 0.1) is 0 Å². The van der Waals surface area contributed by atoms with Crippen LogP contribution in [-0.4, -0.2) is 44.0 Å². The molecule has 0 saturated heterocycles. The monoisotopic (exact) mass is 260 g/mol. The number of amides is 1. The number of fused-ring (bicyclic) bond motifs is 1. The Morgan fingerprint density at radius 2 is 2.16 bits per heavy atom. The minimum Gasteiger partial charge on any atom is -0.370 e. The lowest BCUT2D eigenvalue weighted by molar-refractivity contribution is -0.117. The second kappa shape index (κ2) is 5.73. The fraction of sp³-hybridized carbons (Fsp3) is 0.429. The normalized spacial score (nSPS) is 15.1. The van der Waals surface area contributed by atoms with Crippen molar-refractivity contribution < 1.29 is 4.79 Å². The molecule has 0 aliphatic carbocycles. The number of benzene rings is 1. The van der Waals surface area contributed by atoms with E-state index in [-0.39, 0.29) is 12.5 Å². The van der Waals surface area contributed by atoms with E-state index in [1.165, 1.54) is 5.56 Å². The van der Waals surface area contributed by atoms with E-state index >= 15 is 0 Å². The van der Waals surface area contributed by atoms with Crippen LogP contribution in [0.2, 0.25) is 0 Å². The molecule has 1 amide bonds. The topological polar surface area (TPSA) is 61.9 Å². The van der Waals surface area contributed by atoms with Crippen LogP contribution in [0.25, 0.3) is 0 Å². The maximum absolute atomic E-state index is 12.2. The van der Waals surface area contributed by atoms with Crippen LogP contribution in [0.5, 0.6) is 0 Å². The summed E-state index contributed by atoms with van der Waals surface area (Å²) in [6.45, 7) is 0.853. The first-order chi connectivity index (χ1) is 9.09. The van der Waals surface area contributed by atoms with Gasteiger partial charge in [-0.2, -0.15) is 0 Å². The number of carbonyl (C=O) groups is 1. The van der Waals surface area contributed by atoms with Gasteiger partial charge >= 0.3 is 0 Å². The Balaban J connectivity index is 2.11. The zero-order valence-corrected chi connectivity index (χ0v) is 11.5. The highest BCUT2D eigenvalue weighted by Gasteiger charge is 2.21. The fourth-order valence-corrected chi connectivity index (χ4v) is 2.17. The SMILES string of the molecule is CN(C)C(N)=NCC(=O)N1CCCc2ccccc21. The highest BCUT2D eigenvalue weighted by atomic mass is 16.2. The first kappa shape index (κ1) is 13.4. The number of hydrogen-bond donors (Lipinski definition) is 1. The summed E-state index contributed by atoms with van der Waals surface area (Å²) in [6.07, 6.45) is 2.03. The minimum atomic E-state index is -0.00282. The molecule has 1 aliphatic rings. The quantitative estimate of drug-likeness (QED) is 0.633. The third kappa shape index (κ3) is 3.05. The van der Waals surface area contributed by atoms with Crippen LogP contribution in [0.4, 0.5) is 5.69 Å². The van der Waals surface area contributed by atoms with Gasteiger partial charge in [-0.1, -0.05) is 18.2 Å². The smallest absolute Gasteiger partial charge is 0.248 e. The molecule has 0 atom stereocenters. The molecule has 1 heterocycles. The molecule has 0 unspecified atom stereocenters. The predicted octanol–water partition coefficient (Wildman–Crippen LogP) is 0.842. The third-order valence-corrected chi connectivity index (χ3v) is 3.25. The number of aryl methyl sites for hydroxylation is 1. The molecule has 0 saturated carbocycles. The first-order valence-corrected chi connectivity index (χ1v) is 6.45. The van der Waals surface area contributed by atoms with Gasteiger partial charge in [0.2, 0.25) is 5.91 Å². The molecule has 2 N–H and O–H groups in total. The van der Waals surface area contributed by atoms with E-state index in [0.29, 0.717) is 5.96 Å². The Morgan fingerprint density at radius 3 is 2.89 bits per heavy atom. The number of hydrogen-bond acceptors (Lipinski definition) is 2. The molecular weight excluding hydrogens is 240 g/mol. The average Bonchev–Trinajstić information content (AvgIpc) is 2.43. The van der Waals surface area contributed by atoms with Crippen LogP contribution < -0.4 is 10.6 Å². The fourth-order valence-electron chi connectivity index (χ4n) is 2.17. The number of carbonyl (C=O) groups excluding carboxylic acids is 1. The average molecular weight is 260 g/mol. The standard InChI is InChI=1S/C14H20N4O/c1-17(2)14(15)16-10-13(19)18-9-5-7-11-6-3-4-8-12(11)18/h3-4,6,8H,5,7,9-10H2,1-2H3,(H2,15,16). The van der Waals surface area contributed by atoms with Crippen molar-refractivity contribution in [3.63, 3.8) is 0 Å². The summed E-state index contributed by atoms with van der Waals surface area (Å²) >= 11 is 0. The van der Waals surface area contributed by atoms with Gasteiger partial charge < -0.3 is 15.5 Å². The van der Waals surface area contributed by atoms with Crippen molar-refractivity contribution in [2.45, 2.75) is 12.8 Å². The van der Waals surface area contributed by atoms with E-state index in [4.69, 9.17) is 5.73 Å². The van der Waals surface area contributed by atoms with Crippen LogP contribution in [0.15, 0.2) is 29.3 Å². The largest absolute Gasteiger partial charge is 0.370 e. The lowest BCUT2D eigenvalue weighted by Crippen LogP contribution is -2.38.